The second kappa shape index (κ2) is 6.67. The van der Waals surface area contributed by atoms with E-state index in [1.54, 1.807) is 13.0 Å². The van der Waals surface area contributed by atoms with Crippen molar-refractivity contribution in [2.45, 2.75) is 37.5 Å². The summed E-state index contributed by atoms with van der Waals surface area (Å²) in [5, 5.41) is 2.87. The molecule has 1 aliphatic rings. The summed E-state index contributed by atoms with van der Waals surface area (Å²) in [4.78, 5) is 12.1. The molecule has 0 heterocycles. The van der Waals surface area contributed by atoms with Gasteiger partial charge in [-0.15, -0.1) is 0 Å². The maximum absolute atomic E-state index is 12.2. The van der Waals surface area contributed by atoms with Crippen LogP contribution in [0.2, 0.25) is 0 Å². The molecule has 1 fully saturated rings. The van der Waals surface area contributed by atoms with E-state index in [1.807, 2.05) is 0 Å². The van der Waals surface area contributed by atoms with Crippen molar-refractivity contribution < 1.29 is 13.2 Å². The van der Waals surface area contributed by atoms with Crippen molar-refractivity contribution in [3.05, 3.63) is 27.7 Å². The fourth-order valence-corrected chi connectivity index (χ4v) is 4.75. The minimum Gasteiger partial charge on any atom is -0.352 e. The molecule has 0 spiro atoms. The molecule has 0 aliphatic heterocycles. The fraction of sp³-hybridized carbons (Fsp3) is 0.500. The molecule has 2 rings (SSSR count). The third kappa shape index (κ3) is 4.20. The Morgan fingerprint density at radius 1 is 1.38 bits per heavy atom. The molecule has 1 aromatic carbocycles. The molecule has 0 saturated heterocycles. The van der Waals surface area contributed by atoms with Crippen LogP contribution in [0.15, 0.2) is 21.5 Å². The number of aryl methyl sites for hydroxylation is 1. The first kappa shape index (κ1) is 16.8. The van der Waals surface area contributed by atoms with Gasteiger partial charge in [-0.2, -0.15) is 0 Å². The normalized spacial score (nSPS) is 16.1. The van der Waals surface area contributed by atoms with Gasteiger partial charge in [-0.25, -0.2) is 8.42 Å². The highest BCUT2D eigenvalue weighted by molar-refractivity contribution is 9.10. The van der Waals surface area contributed by atoms with E-state index >= 15 is 0 Å². The van der Waals surface area contributed by atoms with Crippen LogP contribution >= 0.6 is 26.6 Å². The van der Waals surface area contributed by atoms with E-state index in [2.05, 4.69) is 21.2 Å². The van der Waals surface area contributed by atoms with Gasteiger partial charge in [0.25, 0.3) is 15.0 Å². The van der Waals surface area contributed by atoms with E-state index in [0.717, 1.165) is 12.8 Å². The van der Waals surface area contributed by atoms with Gasteiger partial charge in [0.1, 0.15) is 0 Å². The van der Waals surface area contributed by atoms with Gasteiger partial charge in [0.05, 0.1) is 4.90 Å². The first-order valence-electron chi connectivity index (χ1n) is 6.82. The van der Waals surface area contributed by atoms with Gasteiger partial charge in [-0.05, 0) is 59.3 Å². The van der Waals surface area contributed by atoms with Crippen LogP contribution in [0.4, 0.5) is 0 Å². The Morgan fingerprint density at radius 2 is 2.00 bits per heavy atom. The predicted octanol–water partition coefficient (Wildman–Crippen LogP) is 3.61. The van der Waals surface area contributed by atoms with Crippen molar-refractivity contribution >= 4 is 41.6 Å². The molecule has 116 valence electrons. The number of carbonyl (C=O) groups is 1. The number of nitrogens with one attached hydrogen (secondary N) is 1. The van der Waals surface area contributed by atoms with Crippen molar-refractivity contribution in [1.29, 1.82) is 0 Å². The molecule has 1 saturated carbocycles. The minimum absolute atomic E-state index is 0.0739. The van der Waals surface area contributed by atoms with Crippen LogP contribution in [0.5, 0.6) is 0 Å². The summed E-state index contributed by atoms with van der Waals surface area (Å²) in [7, 11) is 1.51. The lowest BCUT2D eigenvalue weighted by Crippen LogP contribution is -2.28. The highest BCUT2D eigenvalue weighted by Gasteiger charge is 2.21. The standard InChI is InChI=1S/C14H17BrClNO3S/c1-9-6-11(7-12(13(9)15)21(16,19)20)14(18)17-8-10-4-2-3-5-10/h6-7,10H,2-5,8H2,1H3,(H,17,18). The molecule has 0 atom stereocenters. The molecule has 0 aromatic heterocycles. The topological polar surface area (TPSA) is 63.2 Å². The summed E-state index contributed by atoms with van der Waals surface area (Å²) >= 11 is 3.20. The molecule has 1 aromatic rings. The van der Waals surface area contributed by atoms with E-state index in [0.29, 0.717) is 28.1 Å². The van der Waals surface area contributed by atoms with Crippen LogP contribution in [0, 0.1) is 12.8 Å². The van der Waals surface area contributed by atoms with Crippen LogP contribution in [-0.4, -0.2) is 20.9 Å². The zero-order chi connectivity index (χ0) is 15.6. The Morgan fingerprint density at radius 3 is 2.57 bits per heavy atom. The summed E-state index contributed by atoms with van der Waals surface area (Å²) < 4.78 is 23.5. The number of hydrogen-bond acceptors (Lipinski definition) is 3. The van der Waals surface area contributed by atoms with Gasteiger partial charge in [-0.1, -0.05) is 12.8 Å². The smallest absolute Gasteiger partial charge is 0.262 e. The Labute approximate surface area is 137 Å². The lowest BCUT2D eigenvalue weighted by Gasteiger charge is -2.12. The van der Waals surface area contributed by atoms with E-state index < -0.39 is 9.05 Å². The summed E-state index contributed by atoms with van der Waals surface area (Å²) in [5.74, 6) is 0.265. The predicted molar refractivity (Wildman–Crippen MR) is 86.2 cm³/mol. The molecule has 1 amide bonds. The van der Waals surface area contributed by atoms with E-state index in [-0.39, 0.29) is 10.8 Å². The second-order valence-corrected chi connectivity index (χ2v) is 8.73. The SMILES string of the molecule is Cc1cc(C(=O)NCC2CCCC2)cc(S(=O)(=O)Cl)c1Br. The third-order valence-electron chi connectivity index (χ3n) is 3.77. The Hall–Kier alpha value is -0.590. The molecule has 0 unspecified atom stereocenters. The van der Waals surface area contributed by atoms with Gasteiger partial charge in [0.2, 0.25) is 0 Å². The highest BCUT2D eigenvalue weighted by Crippen LogP contribution is 2.30. The molecule has 4 nitrogen and oxygen atoms in total. The summed E-state index contributed by atoms with van der Waals surface area (Å²) in [6.07, 6.45) is 4.71. The maximum atomic E-state index is 12.2. The van der Waals surface area contributed by atoms with Crippen LogP contribution < -0.4 is 5.32 Å². The Bertz CT molecular complexity index is 654. The number of halogens is 2. The second-order valence-electron chi connectivity index (χ2n) is 5.40. The largest absolute Gasteiger partial charge is 0.352 e. The first-order valence-corrected chi connectivity index (χ1v) is 9.92. The molecule has 1 N–H and O–H groups in total. The zero-order valence-electron chi connectivity index (χ0n) is 11.7. The zero-order valence-corrected chi connectivity index (χ0v) is 14.8. The van der Waals surface area contributed by atoms with E-state index in [1.165, 1.54) is 18.9 Å². The number of benzene rings is 1. The molecule has 0 bridgehead atoms. The number of carbonyl (C=O) groups excluding carboxylic acids is 1. The molecular formula is C14H17BrClNO3S. The van der Waals surface area contributed by atoms with Gasteiger partial charge in [0.15, 0.2) is 0 Å². The fourth-order valence-electron chi connectivity index (χ4n) is 2.60. The van der Waals surface area contributed by atoms with Crippen molar-refractivity contribution in [3.8, 4) is 0 Å². The lowest BCUT2D eigenvalue weighted by molar-refractivity contribution is 0.0947. The number of amides is 1. The quantitative estimate of drug-likeness (QED) is 0.794. The van der Waals surface area contributed by atoms with Crippen molar-refractivity contribution in [1.82, 2.24) is 5.32 Å². The van der Waals surface area contributed by atoms with Crippen molar-refractivity contribution in [2.75, 3.05) is 6.54 Å². The first-order chi connectivity index (χ1) is 9.79. The number of rotatable bonds is 4. The Kier molecular flexibility index (Phi) is 5.33. The lowest BCUT2D eigenvalue weighted by atomic mass is 10.1. The van der Waals surface area contributed by atoms with Crippen LogP contribution in [0.25, 0.3) is 0 Å². The summed E-state index contributed by atoms with van der Waals surface area (Å²) in [6, 6.07) is 2.96. The van der Waals surface area contributed by atoms with Crippen LogP contribution in [-0.2, 0) is 9.05 Å². The van der Waals surface area contributed by atoms with Gasteiger partial charge in [-0.3, -0.25) is 4.79 Å². The molecule has 7 heteroatoms. The van der Waals surface area contributed by atoms with Crippen molar-refractivity contribution in [3.63, 3.8) is 0 Å². The molecule has 0 radical (unpaired) electrons. The van der Waals surface area contributed by atoms with E-state index in [4.69, 9.17) is 10.7 Å². The van der Waals surface area contributed by atoms with Gasteiger partial charge >= 0.3 is 0 Å². The summed E-state index contributed by atoms with van der Waals surface area (Å²) in [5.41, 5.74) is 0.968. The van der Waals surface area contributed by atoms with Gasteiger partial charge in [0, 0.05) is 27.3 Å². The van der Waals surface area contributed by atoms with Crippen LogP contribution in [0.3, 0.4) is 0 Å². The maximum Gasteiger partial charge on any atom is 0.262 e. The van der Waals surface area contributed by atoms with Gasteiger partial charge < -0.3 is 5.32 Å². The van der Waals surface area contributed by atoms with Crippen molar-refractivity contribution in [2.24, 2.45) is 5.92 Å². The van der Waals surface area contributed by atoms with Crippen LogP contribution in [0.1, 0.15) is 41.6 Å². The molecule has 1 aliphatic carbocycles. The molecule has 21 heavy (non-hydrogen) atoms. The Balaban J connectivity index is 2.19. The average molecular weight is 395 g/mol. The third-order valence-corrected chi connectivity index (χ3v) is 6.43. The minimum atomic E-state index is -3.90. The monoisotopic (exact) mass is 393 g/mol. The highest BCUT2D eigenvalue weighted by atomic mass is 79.9. The summed E-state index contributed by atoms with van der Waals surface area (Å²) in [6.45, 7) is 2.36. The van der Waals surface area contributed by atoms with E-state index in [9.17, 15) is 13.2 Å². The molecular weight excluding hydrogens is 378 g/mol. The average Bonchev–Trinajstić information content (AvgIpc) is 2.90. The number of hydrogen-bond donors (Lipinski definition) is 1.